The lowest BCUT2D eigenvalue weighted by Gasteiger charge is -2.25. The number of rotatable bonds is 6. The zero-order valence-corrected chi connectivity index (χ0v) is 13.4. The minimum absolute atomic E-state index is 0.0540. The van der Waals surface area contributed by atoms with Crippen molar-refractivity contribution < 1.29 is 23.5 Å². The molecule has 1 aromatic rings. The predicted octanol–water partition coefficient (Wildman–Crippen LogP) is 2.60. The van der Waals surface area contributed by atoms with Gasteiger partial charge in [0.2, 0.25) is 5.91 Å². The zero-order valence-electron chi connectivity index (χ0n) is 11.8. The number of hydrogen-bond acceptors (Lipinski definition) is 3. The van der Waals surface area contributed by atoms with Crippen molar-refractivity contribution in [3.8, 4) is 0 Å². The van der Waals surface area contributed by atoms with Gasteiger partial charge >= 0.3 is 5.97 Å². The molecule has 2 N–H and O–H groups in total. The van der Waals surface area contributed by atoms with Crippen LogP contribution in [0, 0.1) is 11.6 Å². The molecule has 5 nitrogen and oxygen atoms in total. The van der Waals surface area contributed by atoms with Crippen molar-refractivity contribution in [1.29, 1.82) is 0 Å². The summed E-state index contributed by atoms with van der Waals surface area (Å²) in [5, 5.41) is 11.4. The molecule has 0 heterocycles. The summed E-state index contributed by atoms with van der Waals surface area (Å²) in [7, 11) is 0. The van der Waals surface area contributed by atoms with Gasteiger partial charge in [-0.1, -0.05) is 0 Å². The van der Waals surface area contributed by atoms with E-state index >= 15 is 0 Å². The molecule has 1 aromatic carbocycles. The third kappa shape index (κ3) is 4.01. The van der Waals surface area contributed by atoms with Gasteiger partial charge in [-0.25, -0.2) is 8.78 Å². The summed E-state index contributed by atoms with van der Waals surface area (Å²) < 4.78 is 26.8. The molecule has 22 heavy (non-hydrogen) atoms. The zero-order chi connectivity index (χ0) is 16.4. The summed E-state index contributed by atoms with van der Waals surface area (Å²) in [4.78, 5) is 24.7. The van der Waals surface area contributed by atoms with Crippen molar-refractivity contribution in [1.82, 2.24) is 4.90 Å². The molecule has 1 aliphatic carbocycles. The van der Waals surface area contributed by atoms with Gasteiger partial charge in [0.05, 0.1) is 12.2 Å². The Morgan fingerprint density at radius 2 is 2.09 bits per heavy atom. The minimum Gasteiger partial charge on any atom is -0.480 e. The average Bonchev–Trinajstić information content (AvgIpc) is 3.23. The monoisotopic (exact) mass is 376 g/mol. The quantitative estimate of drug-likeness (QED) is 0.800. The van der Waals surface area contributed by atoms with Crippen molar-refractivity contribution in [2.45, 2.75) is 31.8 Å². The van der Waals surface area contributed by atoms with Crippen LogP contribution in [0.2, 0.25) is 0 Å². The molecule has 8 heteroatoms. The highest BCUT2D eigenvalue weighted by Gasteiger charge is 2.36. The molecule has 1 amide bonds. The Bertz CT molecular complexity index is 585. The molecular formula is C14H15BrF2N2O3. The number of nitrogens with zero attached hydrogens (tertiary/aromatic N) is 1. The number of benzene rings is 1. The SMILES string of the molecule is CC(C(=O)O)N(CC(=O)Nc1c(F)cc(F)cc1Br)C1CC1. The Morgan fingerprint density at radius 3 is 2.59 bits per heavy atom. The highest BCUT2D eigenvalue weighted by atomic mass is 79.9. The van der Waals surface area contributed by atoms with Gasteiger partial charge in [-0.05, 0) is 41.8 Å². The fourth-order valence-electron chi connectivity index (χ4n) is 2.14. The molecule has 1 saturated carbocycles. The Morgan fingerprint density at radius 1 is 1.45 bits per heavy atom. The van der Waals surface area contributed by atoms with Gasteiger partial charge in [0.15, 0.2) is 5.82 Å². The molecule has 0 spiro atoms. The van der Waals surface area contributed by atoms with Crippen LogP contribution in [0.15, 0.2) is 16.6 Å². The van der Waals surface area contributed by atoms with Gasteiger partial charge in [-0.3, -0.25) is 14.5 Å². The van der Waals surface area contributed by atoms with E-state index in [2.05, 4.69) is 21.2 Å². The standard InChI is InChI=1S/C14H15BrF2N2O3/c1-7(14(21)22)19(9-2-3-9)6-12(20)18-13-10(15)4-8(16)5-11(13)17/h4-5,7,9H,2-3,6H2,1H3,(H,18,20)(H,21,22). The number of carbonyl (C=O) groups excluding carboxylic acids is 1. The van der Waals surface area contributed by atoms with Crippen LogP contribution >= 0.6 is 15.9 Å². The lowest BCUT2D eigenvalue weighted by Crippen LogP contribution is -2.44. The fourth-order valence-corrected chi connectivity index (χ4v) is 2.64. The Kier molecular flexibility index (Phi) is 5.12. The van der Waals surface area contributed by atoms with Crippen molar-refractivity contribution >= 4 is 33.5 Å². The molecule has 1 atom stereocenters. The summed E-state index contributed by atoms with van der Waals surface area (Å²) in [5.74, 6) is -3.23. The van der Waals surface area contributed by atoms with E-state index in [4.69, 9.17) is 5.11 Å². The van der Waals surface area contributed by atoms with E-state index in [9.17, 15) is 18.4 Å². The molecule has 120 valence electrons. The maximum Gasteiger partial charge on any atom is 0.320 e. The number of carboxylic acids is 1. The minimum atomic E-state index is -1.02. The van der Waals surface area contributed by atoms with Crippen molar-refractivity contribution in [3.05, 3.63) is 28.2 Å². The summed E-state index contributed by atoms with van der Waals surface area (Å²) in [5.41, 5.74) is -0.162. The molecule has 2 rings (SSSR count). The second-order valence-corrected chi connectivity index (χ2v) is 6.06. The molecule has 0 saturated heterocycles. The first-order valence-electron chi connectivity index (χ1n) is 6.72. The first-order valence-corrected chi connectivity index (χ1v) is 7.52. The normalized spacial score (nSPS) is 15.7. The number of nitrogens with one attached hydrogen (secondary N) is 1. The topological polar surface area (TPSA) is 69.6 Å². The van der Waals surface area contributed by atoms with Crippen LogP contribution in [0.1, 0.15) is 19.8 Å². The van der Waals surface area contributed by atoms with E-state index in [0.717, 1.165) is 18.9 Å². The average molecular weight is 377 g/mol. The second-order valence-electron chi connectivity index (χ2n) is 5.21. The van der Waals surface area contributed by atoms with Crippen LogP contribution < -0.4 is 5.32 Å². The van der Waals surface area contributed by atoms with Gasteiger partial charge in [-0.15, -0.1) is 0 Å². The summed E-state index contributed by atoms with van der Waals surface area (Å²) in [6.45, 7) is 1.34. The highest BCUT2D eigenvalue weighted by Crippen LogP contribution is 2.30. The van der Waals surface area contributed by atoms with Crippen molar-refractivity contribution in [2.24, 2.45) is 0 Å². The van der Waals surface area contributed by atoms with E-state index in [0.29, 0.717) is 6.07 Å². The Labute approximate surface area is 134 Å². The number of carboxylic acid groups (broad SMARTS) is 1. The first-order chi connectivity index (χ1) is 10.3. The molecular weight excluding hydrogens is 362 g/mol. The van der Waals surface area contributed by atoms with Crippen LogP contribution in [-0.2, 0) is 9.59 Å². The first kappa shape index (κ1) is 16.8. The lowest BCUT2D eigenvalue weighted by atomic mass is 10.2. The summed E-state index contributed by atoms with van der Waals surface area (Å²) in [6, 6.07) is 0.953. The summed E-state index contributed by atoms with van der Waals surface area (Å²) in [6.07, 6.45) is 1.67. The van der Waals surface area contributed by atoms with E-state index < -0.39 is 29.6 Å². The number of aliphatic carboxylic acids is 1. The molecule has 1 fully saturated rings. The molecule has 1 unspecified atom stereocenters. The smallest absolute Gasteiger partial charge is 0.320 e. The molecule has 0 aromatic heterocycles. The van der Waals surface area contributed by atoms with E-state index in [1.807, 2.05) is 0 Å². The van der Waals surface area contributed by atoms with E-state index in [1.54, 1.807) is 4.90 Å². The maximum absolute atomic E-state index is 13.7. The third-order valence-electron chi connectivity index (χ3n) is 3.47. The number of carbonyl (C=O) groups is 2. The molecule has 0 bridgehead atoms. The van der Waals surface area contributed by atoms with Gasteiger partial charge in [0.1, 0.15) is 11.9 Å². The lowest BCUT2D eigenvalue weighted by molar-refractivity contribution is -0.143. The van der Waals surface area contributed by atoms with Gasteiger partial charge < -0.3 is 10.4 Å². The fraction of sp³-hybridized carbons (Fsp3) is 0.429. The third-order valence-corrected chi connectivity index (χ3v) is 4.09. The number of anilines is 1. The number of hydrogen-bond donors (Lipinski definition) is 2. The van der Waals surface area contributed by atoms with E-state index in [-0.39, 0.29) is 22.7 Å². The van der Waals surface area contributed by atoms with Crippen LogP contribution in [0.5, 0.6) is 0 Å². The van der Waals surface area contributed by atoms with Crippen LogP contribution in [0.4, 0.5) is 14.5 Å². The van der Waals surface area contributed by atoms with Crippen molar-refractivity contribution in [3.63, 3.8) is 0 Å². The van der Waals surface area contributed by atoms with Crippen LogP contribution in [-0.4, -0.2) is 40.5 Å². The second kappa shape index (κ2) is 6.70. The van der Waals surface area contributed by atoms with Gasteiger partial charge in [0, 0.05) is 16.6 Å². The van der Waals surface area contributed by atoms with Crippen LogP contribution in [0.3, 0.4) is 0 Å². The Hall–Kier alpha value is -1.54. The largest absolute Gasteiger partial charge is 0.480 e. The molecule has 0 aliphatic heterocycles. The molecule has 1 aliphatic rings. The maximum atomic E-state index is 13.7. The predicted molar refractivity (Wildman–Crippen MR) is 79.5 cm³/mol. The summed E-state index contributed by atoms with van der Waals surface area (Å²) >= 11 is 2.98. The number of amides is 1. The highest BCUT2D eigenvalue weighted by molar-refractivity contribution is 9.10. The van der Waals surface area contributed by atoms with Crippen LogP contribution in [0.25, 0.3) is 0 Å². The number of halogens is 3. The van der Waals surface area contributed by atoms with Gasteiger partial charge in [0.25, 0.3) is 0 Å². The van der Waals surface area contributed by atoms with E-state index in [1.165, 1.54) is 6.92 Å². The molecule has 0 radical (unpaired) electrons. The van der Waals surface area contributed by atoms with Gasteiger partial charge in [-0.2, -0.15) is 0 Å². The van der Waals surface area contributed by atoms with Crippen molar-refractivity contribution in [2.75, 3.05) is 11.9 Å². The Balaban J connectivity index is 2.07.